The maximum absolute atomic E-state index is 3.58. The summed E-state index contributed by atoms with van der Waals surface area (Å²) < 4.78 is 0. The Morgan fingerprint density at radius 2 is 1.89 bits per heavy atom. The van der Waals surface area contributed by atoms with E-state index in [2.05, 4.69) is 61.8 Å². The van der Waals surface area contributed by atoms with Crippen LogP contribution in [0, 0.1) is 13.8 Å². The molecule has 2 aromatic rings. The Kier molecular flexibility index (Phi) is 4.56. The van der Waals surface area contributed by atoms with E-state index in [0.717, 1.165) is 13.0 Å². The largest absolute Gasteiger partial charge is 0.309 e. The molecule has 1 aromatic heterocycles. The molecule has 0 radical (unpaired) electrons. The zero-order valence-electron chi connectivity index (χ0n) is 11.4. The van der Waals surface area contributed by atoms with Crippen LogP contribution in [-0.4, -0.2) is 6.54 Å². The smallest absolute Gasteiger partial charge is 0.0455 e. The fourth-order valence-corrected chi connectivity index (χ4v) is 3.23. The number of likely N-dealkylation sites (N-methyl/N-ethyl adjacent to an activating group) is 1. The topological polar surface area (TPSA) is 12.0 Å². The summed E-state index contributed by atoms with van der Waals surface area (Å²) in [4.78, 5) is 1.43. The van der Waals surface area contributed by atoms with Crippen LogP contribution < -0.4 is 5.32 Å². The Morgan fingerprint density at radius 3 is 2.44 bits per heavy atom. The predicted molar refractivity (Wildman–Crippen MR) is 80.4 cm³/mol. The fraction of sp³-hybridized carbons (Fsp3) is 0.375. The van der Waals surface area contributed by atoms with E-state index in [9.17, 15) is 0 Å². The van der Waals surface area contributed by atoms with Gasteiger partial charge in [0.2, 0.25) is 0 Å². The van der Waals surface area contributed by atoms with E-state index in [0.29, 0.717) is 6.04 Å². The number of aryl methyl sites for hydroxylation is 2. The molecule has 2 heteroatoms. The Bertz CT molecular complexity index is 468. The van der Waals surface area contributed by atoms with Gasteiger partial charge in [-0.15, -0.1) is 11.3 Å². The van der Waals surface area contributed by atoms with Gasteiger partial charge in [0.15, 0.2) is 0 Å². The summed E-state index contributed by atoms with van der Waals surface area (Å²) in [5.41, 5.74) is 4.13. The Labute approximate surface area is 114 Å². The van der Waals surface area contributed by atoms with Crippen molar-refractivity contribution >= 4 is 11.3 Å². The molecule has 1 heterocycles. The summed E-state index contributed by atoms with van der Waals surface area (Å²) in [5.74, 6) is 0. The third-order valence-electron chi connectivity index (χ3n) is 3.06. The summed E-state index contributed by atoms with van der Waals surface area (Å²) >= 11 is 1.84. The van der Waals surface area contributed by atoms with Crippen molar-refractivity contribution in [1.82, 2.24) is 5.32 Å². The Morgan fingerprint density at radius 1 is 1.17 bits per heavy atom. The normalized spacial score (nSPS) is 12.6. The van der Waals surface area contributed by atoms with Crippen molar-refractivity contribution in [1.29, 1.82) is 0 Å². The van der Waals surface area contributed by atoms with Gasteiger partial charge >= 0.3 is 0 Å². The monoisotopic (exact) mass is 259 g/mol. The van der Waals surface area contributed by atoms with Crippen molar-refractivity contribution in [2.45, 2.75) is 33.2 Å². The average Bonchev–Trinajstić information content (AvgIpc) is 2.80. The van der Waals surface area contributed by atoms with Crippen LogP contribution in [0.5, 0.6) is 0 Å². The first-order valence-electron chi connectivity index (χ1n) is 6.53. The van der Waals surface area contributed by atoms with Gasteiger partial charge in [-0.1, -0.05) is 42.3 Å². The molecule has 0 spiro atoms. The molecule has 0 aliphatic rings. The van der Waals surface area contributed by atoms with Gasteiger partial charge in [0.05, 0.1) is 0 Å². The van der Waals surface area contributed by atoms with Gasteiger partial charge in [-0.25, -0.2) is 0 Å². The van der Waals surface area contributed by atoms with Crippen LogP contribution in [0.1, 0.15) is 34.5 Å². The number of thiophene rings is 1. The number of hydrogen-bond donors (Lipinski definition) is 1. The van der Waals surface area contributed by atoms with Gasteiger partial charge in [-0.3, -0.25) is 0 Å². The van der Waals surface area contributed by atoms with Crippen molar-refractivity contribution in [2.24, 2.45) is 0 Å². The molecule has 0 saturated heterocycles. The first kappa shape index (κ1) is 13.3. The highest BCUT2D eigenvalue weighted by atomic mass is 32.1. The number of nitrogens with one attached hydrogen (secondary N) is 1. The van der Waals surface area contributed by atoms with Gasteiger partial charge < -0.3 is 5.32 Å². The Hall–Kier alpha value is -1.12. The van der Waals surface area contributed by atoms with Crippen LogP contribution in [0.25, 0.3) is 0 Å². The molecule has 0 fully saturated rings. The Balaban J connectivity index is 2.18. The quantitative estimate of drug-likeness (QED) is 0.846. The van der Waals surface area contributed by atoms with Crippen LogP contribution in [0.4, 0.5) is 0 Å². The average molecular weight is 259 g/mol. The summed E-state index contributed by atoms with van der Waals surface area (Å²) in [5, 5.41) is 5.74. The number of benzene rings is 1. The van der Waals surface area contributed by atoms with E-state index in [-0.39, 0.29) is 0 Å². The molecular weight excluding hydrogens is 238 g/mol. The highest BCUT2D eigenvalue weighted by molar-refractivity contribution is 7.10. The molecule has 96 valence electrons. The van der Waals surface area contributed by atoms with E-state index in [1.165, 1.54) is 21.6 Å². The molecule has 1 N–H and O–H groups in total. The van der Waals surface area contributed by atoms with Crippen molar-refractivity contribution < 1.29 is 0 Å². The first-order chi connectivity index (χ1) is 8.69. The van der Waals surface area contributed by atoms with Crippen molar-refractivity contribution in [3.8, 4) is 0 Å². The standard InChI is InChI=1S/C16H21NS/c1-4-17-15(16-6-5-7-18-16)11-14-9-12(2)8-13(3)10-14/h5-10,15,17H,4,11H2,1-3H3. The summed E-state index contributed by atoms with van der Waals surface area (Å²) in [6.07, 6.45) is 1.07. The molecule has 18 heavy (non-hydrogen) atoms. The highest BCUT2D eigenvalue weighted by Crippen LogP contribution is 2.23. The van der Waals surface area contributed by atoms with E-state index < -0.39 is 0 Å². The maximum Gasteiger partial charge on any atom is 0.0455 e. The summed E-state index contributed by atoms with van der Waals surface area (Å²) in [6.45, 7) is 7.52. The van der Waals surface area contributed by atoms with Gasteiger partial charge in [-0.2, -0.15) is 0 Å². The molecule has 2 rings (SSSR count). The molecule has 1 unspecified atom stereocenters. The number of rotatable bonds is 5. The lowest BCUT2D eigenvalue weighted by atomic mass is 10.0. The lowest BCUT2D eigenvalue weighted by molar-refractivity contribution is 0.558. The van der Waals surface area contributed by atoms with Crippen LogP contribution in [0.3, 0.4) is 0 Å². The van der Waals surface area contributed by atoms with Crippen molar-refractivity contribution in [2.75, 3.05) is 6.54 Å². The molecule has 0 amide bonds. The van der Waals surface area contributed by atoms with E-state index in [4.69, 9.17) is 0 Å². The lowest BCUT2D eigenvalue weighted by Crippen LogP contribution is -2.22. The summed E-state index contributed by atoms with van der Waals surface area (Å²) in [7, 11) is 0. The van der Waals surface area contributed by atoms with E-state index in [1.54, 1.807) is 0 Å². The predicted octanol–water partition coefficient (Wildman–Crippen LogP) is 4.26. The molecule has 0 bridgehead atoms. The first-order valence-corrected chi connectivity index (χ1v) is 7.41. The number of hydrogen-bond acceptors (Lipinski definition) is 2. The second-order valence-electron chi connectivity index (χ2n) is 4.83. The van der Waals surface area contributed by atoms with Gasteiger partial charge in [0, 0.05) is 10.9 Å². The van der Waals surface area contributed by atoms with Crippen LogP contribution in [0.2, 0.25) is 0 Å². The minimum absolute atomic E-state index is 0.441. The van der Waals surface area contributed by atoms with Crippen LogP contribution in [-0.2, 0) is 6.42 Å². The van der Waals surface area contributed by atoms with Gasteiger partial charge in [0.25, 0.3) is 0 Å². The molecular formula is C16H21NS. The zero-order valence-corrected chi connectivity index (χ0v) is 12.2. The van der Waals surface area contributed by atoms with E-state index >= 15 is 0 Å². The van der Waals surface area contributed by atoms with Crippen LogP contribution >= 0.6 is 11.3 Å². The SMILES string of the molecule is CCNC(Cc1cc(C)cc(C)c1)c1cccs1. The molecule has 1 atom stereocenters. The second-order valence-corrected chi connectivity index (χ2v) is 5.81. The minimum atomic E-state index is 0.441. The van der Waals surface area contributed by atoms with Gasteiger partial charge in [0.1, 0.15) is 0 Å². The van der Waals surface area contributed by atoms with Crippen molar-refractivity contribution in [3.05, 3.63) is 57.3 Å². The molecule has 0 aliphatic heterocycles. The van der Waals surface area contributed by atoms with Gasteiger partial charge in [-0.05, 0) is 43.8 Å². The highest BCUT2D eigenvalue weighted by Gasteiger charge is 2.12. The third kappa shape index (κ3) is 3.44. The molecule has 0 aliphatic carbocycles. The lowest BCUT2D eigenvalue weighted by Gasteiger charge is -2.17. The van der Waals surface area contributed by atoms with Crippen molar-refractivity contribution in [3.63, 3.8) is 0 Å². The van der Waals surface area contributed by atoms with Crippen LogP contribution in [0.15, 0.2) is 35.7 Å². The fourth-order valence-electron chi connectivity index (χ4n) is 2.43. The molecule has 1 nitrogen and oxygen atoms in total. The third-order valence-corrected chi connectivity index (χ3v) is 4.04. The summed E-state index contributed by atoms with van der Waals surface area (Å²) in [6, 6.07) is 11.6. The zero-order chi connectivity index (χ0) is 13.0. The molecule has 1 aromatic carbocycles. The molecule has 0 saturated carbocycles. The maximum atomic E-state index is 3.58. The van der Waals surface area contributed by atoms with E-state index in [1.807, 2.05) is 11.3 Å². The second kappa shape index (κ2) is 6.17. The minimum Gasteiger partial charge on any atom is -0.309 e.